The number of benzene rings is 1. The molecule has 1 aromatic rings. The first-order valence-electron chi connectivity index (χ1n) is 5.03. The molecule has 0 saturated carbocycles. The maximum atomic E-state index is 5.24. The number of thiocarbonyl (C=S) groups is 1. The van der Waals surface area contributed by atoms with Crippen molar-refractivity contribution in [3.8, 4) is 5.75 Å². The molecule has 0 N–H and O–H groups in total. The largest absolute Gasteiger partial charge is 0.497 e. The maximum Gasteiger partial charge on any atom is 0.121 e. The van der Waals surface area contributed by atoms with E-state index >= 15 is 0 Å². The van der Waals surface area contributed by atoms with Crippen LogP contribution in [0, 0.1) is 5.92 Å². The lowest BCUT2D eigenvalue weighted by Gasteiger charge is -2.12. The van der Waals surface area contributed by atoms with Crippen LogP contribution in [-0.2, 0) is 0 Å². The summed E-state index contributed by atoms with van der Waals surface area (Å²) in [5.41, 5.74) is 0. The van der Waals surface area contributed by atoms with Gasteiger partial charge in [0.25, 0.3) is 0 Å². The van der Waals surface area contributed by atoms with Gasteiger partial charge in [-0.1, -0.05) is 25.2 Å². The smallest absolute Gasteiger partial charge is 0.121 e. The van der Waals surface area contributed by atoms with Crippen molar-refractivity contribution in [1.29, 1.82) is 0 Å². The highest BCUT2D eigenvalue weighted by Crippen LogP contribution is 2.11. The zero-order valence-electron chi connectivity index (χ0n) is 8.86. The van der Waals surface area contributed by atoms with Crippen molar-refractivity contribution in [1.82, 2.24) is 0 Å². The van der Waals surface area contributed by atoms with Crippen molar-refractivity contribution < 1.29 is 4.74 Å². The van der Waals surface area contributed by atoms with Crippen LogP contribution < -0.4 is 15.3 Å². The van der Waals surface area contributed by atoms with Crippen molar-refractivity contribution in [3.63, 3.8) is 0 Å². The number of methoxy groups -OCH3 is 1. The molecule has 0 saturated heterocycles. The summed E-state index contributed by atoms with van der Waals surface area (Å²) in [7, 11) is 1.65. The normalized spacial score (nSPS) is 18.8. The number of fused-ring (bicyclic) bond motifs is 1. The molecule has 0 aliphatic carbocycles. The third kappa shape index (κ3) is 1.92. The molecule has 1 aromatic carbocycles. The average molecular weight is 219 g/mol. The molecular weight excluding hydrogens is 206 g/mol. The molecule has 1 aliphatic heterocycles. The van der Waals surface area contributed by atoms with Crippen LogP contribution >= 0.6 is 12.2 Å². The monoisotopic (exact) mass is 219 g/mol. The molecule has 0 radical (unpaired) electrons. The van der Waals surface area contributed by atoms with Gasteiger partial charge in [0.1, 0.15) is 10.7 Å². The third-order valence-electron chi connectivity index (χ3n) is 2.61. The van der Waals surface area contributed by atoms with E-state index in [0.29, 0.717) is 5.92 Å². The summed E-state index contributed by atoms with van der Waals surface area (Å²) in [6, 6.07) is 5.90. The van der Waals surface area contributed by atoms with Crippen LogP contribution in [0.3, 0.4) is 0 Å². The number of hydrogen-bond donors (Lipinski definition) is 0. The molecule has 2 rings (SSSR count). The number of rotatable bonds is 2. The van der Waals surface area contributed by atoms with Gasteiger partial charge in [-0.3, -0.25) is 0 Å². The summed E-state index contributed by atoms with van der Waals surface area (Å²) in [4.78, 5) is 5.20. The molecule has 1 unspecified atom stereocenters. The summed E-state index contributed by atoms with van der Waals surface area (Å²) in [6.07, 6.45) is 3.19. The zero-order valence-corrected chi connectivity index (χ0v) is 9.67. The second-order valence-corrected chi connectivity index (χ2v) is 3.97. The maximum absolute atomic E-state index is 5.24. The highest BCUT2D eigenvalue weighted by Gasteiger charge is 2.12. The van der Waals surface area contributed by atoms with Gasteiger partial charge < -0.3 is 4.74 Å². The Morgan fingerprint density at radius 1 is 1.47 bits per heavy atom. The van der Waals surface area contributed by atoms with Crippen LogP contribution in [-0.4, -0.2) is 12.1 Å². The predicted octanol–water partition coefficient (Wildman–Crippen LogP) is 1.46. The average Bonchev–Trinajstić information content (AvgIpc) is 2.27. The quantitative estimate of drug-likeness (QED) is 0.702. The second-order valence-electron chi connectivity index (χ2n) is 3.56. The Labute approximate surface area is 94.3 Å². The van der Waals surface area contributed by atoms with Gasteiger partial charge in [0.15, 0.2) is 0 Å². The SMILES string of the molecule is CCC1C=c2ccc(OC)cc2=NC1=S. The van der Waals surface area contributed by atoms with Gasteiger partial charge in [-0.15, -0.1) is 0 Å². The molecule has 15 heavy (non-hydrogen) atoms. The summed E-state index contributed by atoms with van der Waals surface area (Å²) in [5.74, 6) is 1.13. The van der Waals surface area contributed by atoms with Crippen molar-refractivity contribution in [2.75, 3.05) is 7.11 Å². The number of hydrogen-bond acceptors (Lipinski definition) is 2. The van der Waals surface area contributed by atoms with E-state index in [4.69, 9.17) is 17.0 Å². The van der Waals surface area contributed by atoms with Gasteiger partial charge in [-0.25, -0.2) is 4.99 Å². The Kier molecular flexibility index (Phi) is 2.82. The van der Waals surface area contributed by atoms with Crippen molar-refractivity contribution in [3.05, 3.63) is 28.8 Å². The minimum absolute atomic E-state index is 0.306. The van der Waals surface area contributed by atoms with E-state index in [-0.39, 0.29) is 0 Å². The first-order valence-corrected chi connectivity index (χ1v) is 5.44. The Morgan fingerprint density at radius 3 is 2.93 bits per heavy atom. The molecule has 1 aliphatic rings. The lowest BCUT2D eigenvalue weighted by Crippen LogP contribution is -2.32. The molecule has 78 valence electrons. The molecule has 1 atom stereocenters. The molecule has 1 heterocycles. The summed E-state index contributed by atoms with van der Waals surface area (Å²) in [5, 5.41) is 2.07. The van der Waals surface area contributed by atoms with Crippen molar-refractivity contribution in [2.24, 2.45) is 10.9 Å². The zero-order chi connectivity index (χ0) is 10.8. The van der Waals surface area contributed by atoms with E-state index in [0.717, 1.165) is 27.7 Å². The minimum atomic E-state index is 0.306. The lowest BCUT2D eigenvalue weighted by atomic mass is 10.0. The number of nitrogens with zero attached hydrogens (tertiary/aromatic N) is 1. The van der Waals surface area contributed by atoms with Crippen molar-refractivity contribution >= 4 is 23.3 Å². The van der Waals surface area contributed by atoms with Crippen LogP contribution in [0.5, 0.6) is 5.75 Å². The molecule has 0 amide bonds. The highest BCUT2D eigenvalue weighted by atomic mass is 32.1. The fourth-order valence-electron chi connectivity index (χ4n) is 1.67. The molecule has 0 fully saturated rings. The van der Waals surface area contributed by atoms with Gasteiger partial charge in [0, 0.05) is 12.0 Å². The topological polar surface area (TPSA) is 21.6 Å². The minimum Gasteiger partial charge on any atom is -0.497 e. The van der Waals surface area contributed by atoms with Gasteiger partial charge >= 0.3 is 0 Å². The van der Waals surface area contributed by atoms with E-state index in [1.54, 1.807) is 7.11 Å². The van der Waals surface area contributed by atoms with Crippen LogP contribution in [0.25, 0.3) is 6.08 Å². The standard InChI is InChI=1S/C12H13NOS/c1-3-8-6-9-4-5-10(14-2)7-11(9)13-12(8)15/h4-8H,3H2,1-2H3. The fraction of sp³-hybridized carbons (Fsp3) is 0.333. The van der Waals surface area contributed by atoms with Crippen molar-refractivity contribution in [2.45, 2.75) is 13.3 Å². The van der Waals surface area contributed by atoms with Crippen LogP contribution in [0.2, 0.25) is 0 Å². The van der Waals surface area contributed by atoms with E-state index in [9.17, 15) is 0 Å². The molecule has 3 heteroatoms. The fourth-order valence-corrected chi connectivity index (χ4v) is 2.00. The van der Waals surface area contributed by atoms with Gasteiger partial charge in [0.05, 0.1) is 12.5 Å². The van der Waals surface area contributed by atoms with Crippen LogP contribution in [0.4, 0.5) is 0 Å². The summed E-state index contributed by atoms with van der Waals surface area (Å²) < 4.78 is 5.15. The highest BCUT2D eigenvalue weighted by molar-refractivity contribution is 7.80. The lowest BCUT2D eigenvalue weighted by molar-refractivity contribution is 0.414. The predicted molar refractivity (Wildman–Crippen MR) is 64.6 cm³/mol. The first kappa shape index (κ1) is 10.3. The van der Waals surface area contributed by atoms with Gasteiger partial charge in [-0.05, 0) is 23.8 Å². The second kappa shape index (κ2) is 4.11. The summed E-state index contributed by atoms with van der Waals surface area (Å²) >= 11 is 5.24. The van der Waals surface area contributed by atoms with Crippen LogP contribution in [0.15, 0.2) is 23.2 Å². The van der Waals surface area contributed by atoms with E-state index in [1.165, 1.54) is 0 Å². The molecule has 2 nitrogen and oxygen atoms in total. The molecular formula is C12H13NOS. The van der Waals surface area contributed by atoms with Crippen LogP contribution in [0.1, 0.15) is 13.3 Å². The van der Waals surface area contributed by atoms with E-state index in [1.807, 2.05) is 18.2 Å². The molecule has 0 bridgehead atoms. The van der Waals surface area contributed by atoms with Gasteiger partial charge in [-0.2, -0.15) is 0 Å². The third-order valence-corrected chi connectivity index (χ3v) is 3.00. The molecule has 0 spiro atoms. The van der Waals surface area contributed by atoms with E-state index < -0.39 is 0 Å². The Balaban J connectivity index is 2.60. The molecule has 0 aromatic heterocycles. The Hall–Kier alpha value is -1.22. The Morgan fingerprint density at radius 2 is 2.27 bits per heavy atom. The Bertz CT molecular complexity index is 507. The van der Waals surface area contributed by atoms with E-state index in [2.05, 4.69) is 18.0 Å². The van der Waals surface area contributed by atoms with Gasteiger partial charge in [0.2, 0.25) is 0 Å². The number of ether oxygens (including phenoxy) is 1. The summed E-state index contributed by atoms with van der Waals surface area (Å²) in [6.45, 7) is 2.12. The first-order chi connectivity index (χ1) is 7.24.